The first-order valence-electron chi connectivity index (χ1n) is 8.85. The van der Waals surface area contributed by atoms with Crippen LogP contribution in [0.5, 0.6) is 0 Å². The average molecular weight is 389 g/mol. The van der Waals surface area contributed by atoms with Crippen molar-refractivity contribution in [1.82, 2.24) is 14.8 Å². The Kier molecular flexibility index (Phi) is 4.75. The molecule has 2 heterocycles. The first kappa shape index (κ1) is 18.1. The molecule has 0 unspecified atom stereocenters. The number of hydrogen-bond acceptors (Lipinski definition) is 5. The highest BCUT2D eigenvalue weighted by atomic mass is 32.1. The number of hydrogen-bond donors (Lipinski definition) is 1. The molecule has 0 spiro atoms. The summed E-state index contributed by atoms with van der Waals surface area (Å²) in [6, 6.07) is 15.8. The van der Waals surface area contributed by atoms with Crippen molar-refractivity contribution in [2.24, 2.45) is 10.2 Å². The summed E-state index contributed by atoms with van der Waals surface area (Å²) in [7, 11) is 0. The molecule has 2 aromatic heterocycles. The number of azo groups is 1. The lowest BCUT2D eigenvalue weighted by molar-refractivity contribution is 0.827. The van der Waals surface area contributed by atoms with Crippen LogP contribution in [0.1, 0.15) is 16.8 Å². The van der Waals surface area contributed by atoms with Crippen LogP contribution in [0.25, 0.3) is 16.4 Å². The van der Waals surface area contributed by atoms with Gasteiger partial charge in [-0.2, -0.15) is 9.80 Å². The Hall–Kier alpha value is -3.32. The van der Waals surface area contributed by atoms with Crippen LogP contribution in [-0.2, 0) is 0 Å². The van der Waals surface area contributed by atoms with Gasteiger partial charge in [0.2, 0.25) is 5.13 Å². The molecule has 0 radical (unpaired) electrons. The third-order valence-electron chi connectivity index (χ3n) is 4.40. The summed E-state index contributed by atoms with van der Waals surface area (Å²) in [5.41, 5.74) is 5.44. The molecule has 0 saturated heterocycles. The van der Waals surface area contributed by atoms with E-state index in [9.17, 15) is 4.79 Å². The Balaban J connectivity index is 1.68. The van der Waals surface area contributed by atoms with E-state index in [0.29, 0.717) is 10.8 Å². The Morgan fingerprint density at radius 2 is 1.82 bits per heavy atom. The highest BCUT2D eigenvalue weighted by Gasteiger charge is 2.15. The highest BCUT2D eigenvalue weighted by molar-refractivity contribution is 7.12. The zero-order valence-electron chi connectivity index (χ0n) is 15.8. The molecule has 140 valence electrons. The SMILES string of the molecule is Cc1ccc(N=Nc2c(C)[nH]n(-c3nc(-c4ccccc4)cs3)c2=O)c(C)c1. The minimum Gasteiger partial charge on any atom is -0.291 e. The van der Waals surface area contributed by atoms with Gasteiger partial charge in [0, 0.05) is 10.9 Å². The van der Waals surface area contributed by atoms with Gasteiger partial charge in [-0.25, -0.2) is 4.98 Å². The van der Waals surface area contributed by atoms with Crippen molar-refractivity contribution >= 4 is 22.7 Å². The molecule has 0 fully saturated rings. The van der Waals surface area contributed by atoms with Crippen LogP contribution in [0.4, 0.5) is 11.4 Å². The minimum absolute atomic E-state index is 0.264. The maximum absolute atomic E-state index is 12.8. The topological polar surface area (TPSA) is 75.4 Å². The van der Waals surface area contributed by atoms with E-state index in [-0.39, 0.29) is 11.2 Å². The van der Waals surface area contributed by atoms with Crippen molar-refractivity contribution in [3.8, 4) is 16.4 Å². The molecule has 4 aromatic rings. The summed E-state index contributed by atoms with van der Waals surface area (Å²) in [5, 5.41) is 14.0. The van der Waals surface area contributed by atoms with Crippen molar-refractivity contribution in [1.29, 1.82) is 0 Å². The van der Waals surface area contributed by atoms with E-state index in [2.05, 4.69) is 20.3 Å². The van der Waals surface area contributed by atoms with E-state index >= 15 is 0 Å². The monoisotopic (exact) mass is 389 g/mol. The number of H-pyrrole nitrogens is 1. The highest BCUT2D eigenvalue weighted by Crippen LogP contribution is 2.25. The first-order chi connectivity index (χ1) is 13.5. The molecule has 0 atom stereocenters. The normalized spacial score (nSPS) is 11.4. The smallest absolute Gasteiger partial charge is 0.291 e. The maximum atomic E-state index is 12.8. The minimum atomic E-state index is -0.264. The van der Waals surface area contributed by atoms with E-state index in [1.165, 1.54) is 16.0 Å². The number of aromatic amines is 1. The summed E-state index contributed by atoms with van der Waals surface area (Å²) < 4.78 is 1.42. The van der Waals surface area contributed by atoms with Crippen LogP contribution in [0, 0.1) is 20.8 Å². The number of rotatable bonds is 4. The zero-order chi connectivity index (χ0) is 19.7. The van der Waals surface area contributed by atoms with Gasteiger partial charge in [0.05, 0.1) is 17.1 Å². The second-order valence-electron chi connectivity index (χ2n) is 6.60. The summed E-state index contributed by atoms with van der Waals surface area (Å²) >= 11 is 1.40. The predicted octanol–water partition coefficient (Wildman–Crippen LogP) is 5.63. The molecule has 6 nitrogen and oxygen atoms in total. The second-order valence-corrected chi connectivity index (χ2v) is 7.43. The fraction of sp³-hybridized carbons (Fsp3) is 0.143. The standard InChI is InChI=1S/C21H19N5OS/c1-13-9-10-17(14(2)11-13)23-24-19-15(3)25-26(20(19)27)21-22-18(12-28-21)16-7-5-4-6-8-16/h4-12,25H,1-3H3. The Morgan fingerprint density at radius 1 is 1.04 bits per heavy atom. The number of nitrogens with zero attached hydrogens (tertiary/aromatic N) is 4. The van der Waals surface area contributed by atoms with Crippen molar-refractivity contribution in [2.75, 3.05) is 0 Å². The lowest BCUT2D eigenvalue weighted by Crippen LogP contribution is -2.13. The summed E-state index contributed by atoms with van der Waals surface area (Å²) in [4.78, 5) is 17.4. The molecule has 0 saturated carbocycles. The first-order valence-corrected chi connectivity index (χ1v) is 9.73. The number of thiazole rings is 1. The van der Waals surface area contributed by atoms with Gasteiger partial charge in [0.25, 0.3) is 0 Å². The lowest BCUT2D eigenvalue weighted by Gasteiger charge is -1.99. The van der Waals surface area contributed by atoms with Crippen LogP contribution in [0.3, 0.4) is 0 Å². The van der Waals surface area contributed by atoms with Gasteiger partial charge in [0.15, 0.2) is 5.69 Å². The fourth-order valence-electron chi connectivity index (χ4n) is 2.92. The maximum Gasteiger partial charge on any atom is 0.301 e. The lowest BCUT2D eigenvalue weighted by atomic mass is 10.1. The van der Waals surface area contributed by atoms with Crippen LogP contribution < -0.4 is 5.56 Å². The van der Waals surface area contributed by atoms with Gasteiger partial charge in [-0.3, -0.25) is 9.89 Å². The largest absolute Gasteiger partial charge is 0.301 e. The molecule has 0 aliphatic carbocycles. The zero-order valence-corrected chi connectivity index (χ0v) is 16.6. The van der Waals surface area contributed by atoms with E-state index in [0.717, 1.165) is 28.1 Å². The number of aromatic nitrogens is 3. The van der Waals surface area contributed by atoms with Crippen LogP contribution in [-0.4, -0.2) is 14.8 Å². The van der Waals surface area contributed by atoms with Crippen LogP contribution >= 0.6 is 11.3 Å². The molecule has 2 aromatic carbocycles. The second kappa shape index (κ2) is 7.36. The van der Waals surface area contributed by atoms with Gasteiger partial charge in [-0.15, -0.1) is 16.5 Å². The Bertz CT molecular complexity index is 1220. The average Bonchev–Trinajstić information content (AvgIpc) is 3.27. The molecular weight excluding hydrogens is 370 g/mol. The summed E-state index contributed by atoms with van der Waals surface area (Å²) in [6.07, 6.45) is 0. The molecule has 4 rings (SSSR count). The van der Waals surface area contributed by atoms with Crippen LogP contribution in [0.2, 0.25) is 0 Å². The van der Waals surface area contributed by atoms with Gasteiger partial charge < -0.3 is 0 Å². The Labute approximate surface area is 166 Å². The molecule has 0 bridgehead atoms. The third kappa shape index (κ3) is 3.44. The van der Waals surface area contributed by atoms with Crippen molar-refractivity contribution in [2.45, 2.75) is 20.8 Å². The molecule has 1 N–H and O–H groups in total. The molecule has 0 aliphatic heterocycles. The van der Waals surface area contributed by atoms with E-state index < -0.39 is 0 Å². The predicted molar refractivity (Wildman–Crippen MR) is 112 cm³/mol. The van der Waals surface area contributed by atoms with Gasteiger partial charge >= 0.3 is 5.56 Å². The molecule has 0 amide bonds. The van der Waals surface area contributed by atoms with E-state index in [1.807, 2.05) is 67.8 Å². The molecule has 7 heteroatoms. The van der Waals surface area contributed by atoms with Gasteiger partial charge in [0.1, 0.15) is 0 Å². The van der Waals surface area contributed by atoms with E-state index in [1.54, 1.807) is 6.92 Å². The van der Waals surface area contributed by atoms with Crippen molar-refractivity contribution in [3.63, 3.8) is 0 Å². The third-order valence-corrected chi connectivity index (χ3v) is 5.23. The summed E-state index contributed by atoms with van der Waals surface area (Å²) in [5.74, 6) is 0. The number of aryl methyl sites for hydroxylation is 3. The molecule has 0 aliphatic rings. The molecular formula is C21H19N5OS. The summed E-state index contributed by atoms with van der Waals surface area (Å²) in [6.45, 7) is 5.81. The van der Waals surface area contributed by atoms with Gasteiger partial charge in [-0.1, -0.05) is 48.0 Å². The number of benzene rings is 2. The number of nitrogens with one attached hydrogen (secondary N) is 1. The van der Waals surface area contributed by atoms with Gasteiger partial charge in [-0.05, 0) is 32.4 Å². The quantitative estimate of drug-likeness (QED) is 0.459. The fourth-order valence-corrected chi connectivity index (χ4v) is 3.71. The van der Waals surface area contributed by atoms with Crippen LogP contribution in [0.15, 0.2) is 68.9 Å². The Morgan fingerprint density at radius 3 is 2.57 bits per heavy atom. The van der Waals surface area contributed by atoms with Crippen molar-refractivity contribution in [3.05, 3.63) is 81.1 Å². The van der Waals surface area contributed by atoms with E-state index in [4.69, 9.17) is 0 Å². The van der Waals surface area contributed by atoms with Crippen molar-refractivity contribution < 1.29 is 0 Å². The molecule has 28 heavy (non-hydrogen) atoms.